The zero-order valence-electron chi connectivity index (χ0n) is 13.3. The van der Waals surface area contributed by atoms with E-state index in [0.717, 1.165) is 19.3 Å². The summed E-state index contributed by atoms with van der Waals surface area (Å²) >= 11 is 0. The number of ketones is 1. The standard InChI is InChI=1S/C16H26N2O4/c1-2-22-16(21)14(19)13-8-5-9-18(13)15(20)12(17)10-11-6-3-4-7-11/h11-13H,2-10,17H2,1H3/t12?,13-/m0/s1. The molecule has 0 aromatic heterocycles. The first-order valence-corrected chi connectivity index (χ1v) is 8.31. The van der Waals surface area contributed by atoms with Crippen LogP contribution in [0.4, 0.5) is 0 Å². The van der Waals surface area contributed by atoms with Crippen LogP contribution in [0.15, 0.2) is 0 Å². The highest BCUT2D eigenvalue weighted by molar-refractivity contribution is 6.36. The highest BCUT2D eigenvalue weighted by atomic mass is 16.5. The fourth-order valence-corrected chi connectivity index (χ4v) is 3.56. The molecule has 1 unspecified atom stereocenters. The maximum atomic E-state index is 12.5. The predicted molar refractivity (Wildman–Crippen MR) is 80.9 cm³/mol. The van der Waals surface area contributed by atoms with Crippen molar-refractivity contribution in [2.45, 2.75) is 64.0 Å². The largest absolute Gasteiger partial charge is 0.460 e. The molecule has 124 valence electrons. The average molecular weight is 310 g/mol. The van der Waals surface area contributed by atoms with Gasteiger partial charge in [-0.3, -0.25) is 9.59 Å². The molecule has 0 bridgehead atoms. The lowest BCUT2D eigenvalue weighted by Gasteiger charge is -2.27. The third kappa shape index (κ3) is 3.85. The van der Waals surface area contributed by atoms with Gasteiger partial charge in [0.1, 0.15) is 6.04 Å². The van der Waals surface area contributed by atoms with Gasteiger partial charge in [0, 0.05) is 6.54 Å². The van der Waals surface area contributed by atoms with E-state index in [4.69, 9.17) is 10.5 Å². The Labute approximate surface area is 131 Å². The van der Waals surface area contributed by atoms with Gasteiger partial charge in [0.2, 0.25) is 5.91 Å². The minimum absolute atomic E-state index is 0.159. The summed E-state index contributed by atoms with van der Waals surface area (Å²) in [5.41, 5.74) is 6.06. The smallest absolute Gasteiger partial charge is 0.376 e. The highest BCUT2D eigenvalue weighted by Crippen LogP contribution is 2.29. The van der Waals surface area contributed by atoms with Crippen LogP contribution in [-0.2, 0) is 19.1 Å². The van der Waals surface area contributed by atoms with Gasteiger partial charge in [-0.05, 0) is 32.1 Å². The van der Waals surface area contributed by atoms with E-state index in [1.54, 1.807) is 6.92 Å². The zero-order valence-corrected chi connectivity index (χ0v) is 13.3. The van der Waals surface area contributed by atoms with Crippen LogP contribution in [-0.4, -0.2) is 47.8 Å². The van der Waals surface area contributed by atoms with Crippen molar-refractivity contribution in [3.8, 4) is 0 Å². The van der Waals surface area contributed by atoms with Gasteiger partial charge < -0.3 is 15.4 Å². The Morgan fingerprint density at radius 1 is 1.18 bits per heavy atom. The molecule has 0 aromatic carbocycles. The molecule has 2 rings (SSSR count). The van der Waals surface area contributed by atoms with Crippen molar-refractivity contribution in [3.05, 3.63) is 0 Å². The van der Waals surface area contributed by atoms with Crippen LogP contribution in [0, 0.1) is 5.92 Å². The number of likely N-dealkylation sites (tertiary alicyclic amines) is 1. The van der Waals surface area contributed by atoms with Crippen molar-refractivity contribution in [1.82, 2.24) is 4.90 Å². The van der Waals surface area contributed by atoms with Crippen LogP contribution >= 0.6 is 0 Å². The number of carbonyl (C=O) groups excluding carboxylic acids is 3. The van der Waals surface area contributed by atoms with E-state index in [-0.39, 0.29) is 12.5 Å². The Balaban J connectivity index is 1.94. The molecule has 6 heteroatoms. The molecule has 1 amide bonds. The van der Waals surface area contributed by atoms with Gasteiger partial charge in [0.05, 0.1) is 12.6 Å². The Kier molecular flexibility index (Phi) is 5.94. The molecular weight excluding hydrogens is 284 g/mol. The fraction of sp³-hybridized carbons (Fsp3) is 0.812. The molecular formula is C16H26N2O4. The third-order valence-electron chi connectivity index (χ3n) is 4.69. The van der Waals surface area contributed by atoms with E-state index in [0.29, 0.717) is 25.3 Å². The lowest BCUT2D eigenvalue weighted by Crippen LogP contribution is -2.50. The first-order chi connectivity index (χ1) is 10.5. The average Bonchev–Trinajstić information content (AvgIpc) is 3.16. The number of nitrogens with two attached hydrogens (primary N) is 1. The first kappa shape index (κ1) is 16.9. The molecule has 0 aromatic rings. The summed E-state index contributed by atoms with van der Waals surface area (Å²) in [6.45, 7) is 2.31. The molecule has 6 nitrogen and oxygen atoms in total. The molecule has 1 heterocycles. The number of rotatable bonds is 6. The number of Topliss-reactive ketones (excluding diaryl/α,β-unsaturated/α-hetero) is 1. The number of ether oxygens (including phenoxy) is 1. The van der Waals surface area contributed by atoms with Crippen molar-refractivity contribution in [2.75, 3.05) is 13.2 Å². The Morgan fingerprint density at radius 3 is 2.50 bits per heavy atom. The van der Waals surface area contributed by atoms with Crippen molar-refractivity contribution in [3.63, 3.8) is 0 Å². The quantitative estimate of drug-likeness (QED) is 0.584. The number of nitrogens with zero attached hydrogens (tertiary/aromatic N) is 1. The molecule has 22 heavy (non-hydrogen) atoms. The summed E-state index contributed by atoms with van der Waals surface area (Å²) in [6.07, 6.45) is 6.59. The van der Waals surface area contributed by atoms with Crippen molar-refractivity contribution in [2.24, 2.45) is 11.7 Å². The van der Waals surface area contributed by atoms with E-state index in [2.05, 4.69) is 0 Å². The van der Waals surface area contributed by atoms with E-state index in [9.17, 15) is 14.4 Å². The maximum absolute atomic E-state index is 12.5. The molecule has 2 N–H and O–H groups in total. The SMILES string of the molecule is CCOC(=O)C(=O)[C@@H]1CCCN1C(=O)C(N)CC1CCCC1. The minimum Gasteiger partial charge on any atom is -0.460 e. The lowest BCUT2D eigenvalue weighted by atomic mass is 9.97. The summed E-state index contributed by atoms with van der Waals surface area (Å²) in [5, 5.41) is 0. The second kappa shape index (κ2) is 7.72. The first-order valence-electron chi connectivity index (χ1n) is 8.31. The molecule has 0 radical (unpaired) electrons. The highest BCUT2D eigenvalue weighted by Gasteiger charge is 2.39. The van der Waals surface area contributed by atoms with Crippen LogP contribution in [0.5, 0.6) is 0 Å². The van der Waals surface area contributed by atoms with Gasteiger partial charge in [0.15, 0.2) is 0 Å². The number of hydrogen-bond acceptors (Lipinski definition) is 5. The fourth-order valence-electron chi connectivity index (χ4n) is 3.56. The van der Waals surface area contributed by atoms with Crippen molar-refractivity contribution in [1.29, 1.82) is 0 Å². The normalized spacial score (nSPS) is 23.5. The van der Waals surface area contributed by atoms with Crippen LogP contribution in [0.2, 0.25) is 0 Å². The van der Waals surface area contributed by atoms with Gasteiger partial charge in [-0.15, -0.1) is 0 Å². The summed E-state index contributed by atoms with van der Waals surface area (Å²) in [5.74, 6) is -1.16. The summed E-state index contributed by atoms with van der Waals surface area (Å²) in [7, 11) is 0. The van der Waals surface area contributed by atoms with Crippen molar-refractivity contribution < 1.29 is 19.1 Å². The second-order valence-electron chi connectivity index (χ2n) is 6.27. The van der Waals surface area contributed by atoms with Gasteiger partial charge in [0.25, 0.3) is 5.78 Å². The maximum Gasteiger partial charge on any atom is 0.376 e. The van der Waals surface area contributed by atoms with Crippen LogP contribution in [0.25, 0.3) is 0 Å². The van der Waals surface area contributed by atoms with E-state index < -0.39 is 23.8 Å². The Bertz CT molecular complexity index is 432. The monoisotopic (exact) mass is 310 g/mol. The van der Waals surface area contributed by atoms with Crippen LogP contribution in [0.1, 0.15) is 51.9 Å². The Morgan fingerprint density at radius 2 is 1.86 bits per heavy atom. The Hall–Kier alpha value is -1.43. The third-order valence-corrected chi connectivity index (χ3v) is 4.69. The molecule has 1 saturated heterocycles. The van der Waals surface area contributed by atoms with Gasteiger partial charge in [-0.1, -0.05) is 25.7 Å². The zero-order chi connectivity index (χ0) is 16.1. The van der Waals surface area contributed by atoms with E-state index in [1.807, 2.05) is 0 Å². The number of esters is 1. The summed E-state index contributed by atoms with van der Waals surface area (Å²) in [4.78, 5) is 37.7. The summed E-state index contributed by atoms with van der Waals surface area (Å²) < 4.78 is 4.75. The van der Waals surface area contributed by atoms with E-state index >= 15 is 0 Å². The van der Waals surface area contributed by atoms with Gasteiger partial charge in [-0.2, -0.15) is 0 Å². The molecule has 1 saturated carbocycles. The number of amides is 1. The molecule has 2 aliphatic rings. The molecule has 2 atom stereocenters. The summed E-state index contributed by atoms with van der Waals surface area (Å²) in [6, 6.07) is -1.26. The van der Waals surface area contributed by atoms with Gasteiger partial charge in [-0.25, -0.2) is 4.79 Å². The topological polar surface area (TPSA) is 89.7 Å². The van der Waals surface area contributed by atoms with Crippen molar-refractivity contribution >= 4 is 17.7 Å². The molecule has 1 aliphatic heterocycles. The van der Waals surface area contributed by atoms with Crippen LogP contribution < -0.4 is 5.73 Å². The molecule has 1 aliphatic carbocycles. The lowest BCUT2D eigenvalue weighted by molar-refractivity contribution is -0.156. The molecule has 0 spiro atoms. The predicted octanol–water partition coefficient (Wildman–Crippen LogP) is 1.02. The molecule has 2 fully saturated rings. The van der Waals surface area contributed by atoms with Crippen LogP contribution in [0.3, 0.4) is 0 Å². The number of carbonyl (C=O) groups is 3. The van der Waals surface area contributed by atoms with E-state index in [1.165, 1.54) is 17.7 Å². The minimum atomic E-state index is -0.850. The number of hydrogen-bond donors (Lipinski definition) is 1. The van der Waals surface area contributed by atoms with Gasteiger partial charge >= 0.3 is 5.97 Å². The second-order valence-corrected chi connectivity index (χ2v) is 6.27.